The molecule has 4 nitrogen and oxygen atoms in total. The van der Waals surface area contributed by atoms with Gasteiger partial charge in [-0.05, 0) is 48.5 Å². The van der Waals surface area contributed by atoms with Crippen LogP contribution < -0.4 is 14.2 Å². The van der Waals surface area contributed by atoms with Crippen molar-refractivity contribution in [3.05, 3.63) is 48.5 Å². The second-order valence-electron chi connectivity index (χ2n) is 3.82. The van der Waals surface area contributed by atoms with Gasteiger partial charge >= 0.3 is 0 Å². The summed E-state index contributed by atoms with van der Waals surface area (Å²) in [7, 11) is 1.63. The number of methoxy groups -OCH3 is 1. The minimum atomic E-state index is 0.00407. The Hall–Kier alpha value is -2.20. The van der Waals surface area contributed by atoms with Crippen LogP contribution in [0.2, 0.25) is 0 Å². The van der Waals surface area contributed by atoms with E-state index in [9.17, 15) is 0 Å². The first kappa shape index (κ1) is 13.2. The Labute approximate surface area is 112 Å². The minimum Gasteiger partial charge on any atom is -0.497 e. The summed E-state index contributed by atoms with van der Waals surface area (Å²) in [5.74, 6) is 2.96. The molecule has 2 rings (SSSR count). The lowest BCUT2D eigenvalue weighted by atomic mass is 10.3. The summed E-state index contributed by atoms with van der Waals surface area (Å²) in [6.07, 6.45) is 0. The summed E-state index contributed by atoms with van der Waals surface area (Å²) >= 11 is 0. The normalized spacial score (nSPS) is 10.0. The lowest BCUT2D eigenvalue weighted by molar-refractivity contribution is 0.201. The van der Waals surface area contributed by atoms with E-state index in [0.717, 1.165) is 17.2 Å². The van der Waals surface area contributed by atoms with Gasteiger partial charge in [-0.15, -0.1) is 0 Å². The highest BCUT2D eigenvalue weighted by atomic mass is 16.5. The van der Waals surface area contributed by atoms with Crippen molar-refractivity contribution in [1.29, 1.82) is 0 Å². The number of aliphatic hydroxyl groups excluding tert-OH is 1. The number of ether oxygens (including phenoxy) is 3. The molecule has 0 fully saturated rings. The molecule has 2 aromatic rings. The van der Waals surface area contributed by atoms with E-state index in [1.165, 1.54) is 0 Å². The number of hydrogen-bond acceptors (Lipinski definition) is 4. The summed E-state index contributed by atoms with van der Waals surface area (Å²) < 4.78 is 16.0. The van der Waals surface area contributed by atoms with Gasteiger partial charge in [0.2, 0.25) is 0 Å². The Bertz CT molecular complexity index is 491. The van der Waals surface area contributed by atoms with E-state index >= 15 is 0 Å². The van der Waals surface area contributed by atoms with Gasteiger partial charge in [0.15, 0.2) is 0 Å². The molecule has 0 saturated heterocycles. The van der Waals surface area contributed by atoms with Crippen LogP contribution in [-0.4, -0.2) is 25.4 Å². The fourth-order valence-electron chi connectivity index (χ4n) is 1.55. The number of benzene rings is 2. The number of rotatable bonds is 6. The predicted octanol–water partition coefficient (Wildman–Crippen LogP) is 2.86. The van der Waals surface area contributed by atoms with E-state index in [1.807, 2.05) is 36.4 Å². The second-order valence-corrected chi connectivity index (χ2v) is 3.82. The first-order valence-electron chi connectivity index (χ1n) is 5.97. The summed E-state index contributed by atoms with van der Waals surface area (Å²) in [6, 6.07) is 14.6. The van der Waals surface area contributed by atoms with E-state index in [0.29, 0.717) is 12.4 Å². The zero-order chi connectivity index (χ0) is 13.5. The Morgan fingerprint density at radius 1 is 0.789 bits per heavy atom. The van der Waals surface area contributed by atoms with Gasteiger partial charge in [0.1, 0.15) is 29.6 Å². The fourth-order valence-corrected chi connectivity index (χ4v) is 1.55. The van der Waals surface area contributed by atoms with Crippen LogP contribution in [0.15, 0.2) is 48.5 Å². The van der Waals surface area contributed by atoms with Gasteiger partial charge in [0.25, 0.3) is 0 Å². The van der Waals surface area contributed by atoms with Crippen molar-refractivity contribution in [2.24, 2.45) is 0 Å². The lowest BCUT2D eigenvalue weighted by Gasteiger charge is -2.08. The molecular formula is C15H16O4. The third kappa shape index (κ3) is 3.89. The lowest BCUT2D eigenvalue weighted by Crippen LogP contribution is -2.01. The average molecular weight is 260 g/mol. The minimum absolute atomic E-state index is 0.00407. The maximum absolute atomic E-state index is 8.66. The summed E-state index contributed by atoms with van der Waals surface area (Å²) in [5.41, 5.74) is 0. The second kappa shape index (κ2) is 6.66. The first-order chi connectivity index (χ1) is 9.31. The van der Waals surface area contributed by atoms with Crippen LogP contribution in [0.3, 0.4) is 0 Å². The Kier molecular flexibility index (Phi) is 4.64. The maximum Gasteiger partial charge on any atom is 0.127 e. The van der Waals surface area contributed by atoms with Crippen molar-refractivity contribution in [3.8, 4) is 23.0 Å². The van der Waals surface area contributed by atoms with Crippen LogP contribution >= 0.6 is 0 Å². The highest BCUT2D eigenvalue weighted by Crippen LogP contribution is 2.25. The molecule has 0 aromatic heterocycles. The molecule has 0 aliphatic carbocycles. The molecule has 100 valence electrons. The van der Waals surface area contributed by atoms with Crippen molar-refractivity contribution in [2.75, 3.05) is 20.3 Å². The fraction of sp³-hybridized carbons (Fsp3) is 0.200. The molecule has 2 aromatic carbocycles. The molecule has 0 amide bonds. The van der Waals surface area contributed by atoms with Gasteiger partial charge < -0.3 is 19.3 Å². The summed E-state index contributed by atoms with van der Waals surface area (Å²) in [6.45, 7) is 0.294. The van der Waals surface area contributed by atoms with Crippen LogP contribution in [0.4, 0.5) is 0 Å². The summed E-state index contributed by atoms with van der Waals surface area (Å²) in [5, 5.41) is 8.66. The van der Waals surface area contributed by atoms with Gasteiger partial charge in [-0.2, -0.15) is 0 Å². The zero-order valence-electron chi connectivity index (χ0n) is 10.7. The molecule has 19 heavy (non-hydrogen) atoms. The van der Waals surface area contributed by atoms with Crippen LogP contribution in [-0.2, 0) is 0 Å². The van der Waals surface area contributed by atoms with Crippen molar-refractivity contribution >= 4 is 0 Å². The number of hydrogen-bond donors (Lipinski definition) is 1. The zero-order valence-corrected chi connectivity index (χ0v) is 10.7. The van der Waals surface area contributed by atoms with Crippen LogP contribution in [0.25, 0.3) is 0 Å². The topological polar surface area (TPSA) is 47.9 Å². The first-order valence-corrected chi connectivity index (χ1v) is 5.97. The highest BCUT2D eigenvalue weighted by Gasteiger charge is 1.99. The van der Waals surface area contributed by atoms with E-state index in [1.54, 1.807) is 19.2 Å². The van der Waals surface area contributed by atoms with E-state index in [-0.39, 0.29) is 6.61 Å². The molecule has 0 aliphatic rings. The highest BCUT2D eigenvalue weighted by molar-refractivity contribution is 5.37. The van der Waals surface area contributed by atoms with Gasteiger partial charge in [-0.1, -0.05) is 0 Å². The summed E-state index contributed by atoms with van der Waals surface area (Å²) in [4.78, 5) is 0. The molecule has 4 heteroatoms. The molecule has 0 aliphatic heterocycles. The van der Waals surface area contributed by atoms with Crippen LogP contribution in [0.5, 0.6) is 23.0 Å². The molecule has 0 heterocycles. The monoisotopic (exact) mass is 260 g/mol. The standard InChI is InChI=1S/C15H16O4/c1-17-12-2-6-14(7-3-12)19-15-8-4-13(5-9-15)18-11-10-16/h2-9,16H,10-11H2,1H3. The largest absolute Gasteiger partial charge is 0.497 e. The Morgan fingerprint density at radius 2 is 1.26 bits per heavy atom. The molecular weight excluding hydrogens is 244 g/mol. The molecule has 0 radical (unpaired) electrons. The molecule has 0 bridgehead atoms. The quantitative estimate of drug-likeness (QED) is 0.867. The van der Waals surface area contributed by atoms with Crippen LogP contribution in [0, 0.1) is 0 Å². The molecule has 0 unspecified atom stereocenters. The van der Waals surface area contributed by atoms with Crippen molar-refractivity contribution < 1.29 is 19.3 Å². The van der Waals surface area contributed by atoms with E-state index < -0.39 is 0 Å². The average Bonchev–Trinajstić information content (AvgIpc) is 2.47. The third-order valence-corrected chi connectivity index (χ3v) is 2.48. The molecule has 0 atom stereocenters. The van der Waals surface area contributed by atoms with Gasteiger partial charge in [-0.25, -0.2) is 0 Å². The van der Waals surface area contributed by atoms with Crippen molar-refractivity contribution in [1.82, 2.24) is 0 Å². The van der Waals surface area contributed by atoms with E-state index in [4.69, 9.17) is 19.3 Å². The van der Waals surface area contributed by atoms with Gasteiger partial charge in [-0.3, -0.25) is 0 Å². The van der Waals surface area contributed by atoms with Crippen LogP contribution in [0.1, 0.15) is 0 Å². The maximum atomic E-state index is 8.66. The predicted molar refractivity (Wildman–Crippen MR) is 72.1 cm³/mol. The van der Waals surface area contributed by atoms with Crippen molar-refractivity contribution in [3.63, 3.8) is 0 Å². The molecule has 0 spiro atoms. The van der Waals surface area contributed by atoms with Gasteiger partial charge in [0, 0.05) is 0 Å². The van der Waals surface area contributed by atoms with Crippen molar-refractivity contribution in [2.45, 2.75) is 0 Å². The smallest absolute Gasteiger partial charge is 0.127 e. The Morgan fingerprint density at radius 3 is 1.74 bits per heavy atom. The third-order valence-electron chi connectivity index (χ3n) is 2.48. The SMILES string of the molecule is COc1ccc(Oc2ccc(OCCO)cc2)cc1. The number of aliphatic hydroxyl groups is 1. The molecule has 0 saturated carbocycles. The van der Waals surface area contributed by atoms with E-state index in [2.05, 4.69) is 0 Å². The molecule has 1 N–H and O–H groups in total. The Balaban J connectivity index is 1.98. The van der Waals surface area contributed by atoms with Gasteiger partial charge in [0.05, 0.1) is 13.7 Å².